The van der Waals surface area contributed by atoms with Gasteiger partial charge in [0.15, 0.2) is 0 Å². The van der Waals surface area contributed by atoms with Crippen LogP contribution in [0.4, 0.5) is 10.1 Å². The topological polar surface area (TPSA) is 79.5 Å². The number of imide groups is 1. The smallest absolute Gasteiger partial charge is 0.249 e. The largest absolute Gasteiger partial charge is 0.492 e. The van der Waals surface area contributed by atoms with Crippen molar-refractivity contribution in [1.82, 2.24) is 10.6 Å². The minimum atomic E-state index is -0.533. The van der Waals surface area contributed by atoms with Crippen LogP contribution in [0.15, 0.2) is 12.1 Å². The minimum Gasteiger partial charge on any atom is -0.492 e. The first-order valence-electron chi connectivity index (χ1n) is 8.35. The number of anilines is 1. The predicted octanol–water partition coefficient (Wildman–Crippen LogP) is 1.06. The summed E-state index contributed by atoms with van der Waals surface area (Å²) in [5.74, 6) is -0.370. The van der Waals surface area contributed by atoms with Gasteiger partial charge in [-0.15, -0.1) is 0 Å². The maximum absolute atomic E-state index is 14.8. The van der Waals surface area contributed by atoms with Crippen LogP contribution in [0.25, 0.3) is 0 Å². The van der Waals surface area contributed by atoms with Crippen molar-refractivity contribution < 1.29 is 18.7 Å². The van der Waals surface area contributed by atoms with Gasteiger partial charge in [0, 0.05) is 29.2 Å². The Bertz CT molecular complexity index is 701. The van der Waals surface area contributed by atoms with E-state index in [4.69, 9.17) is 4.74 Å². The number of carbonyl (C=O) groups excluding carboxylic acids is 2. The monoisotopic (exact) mass is 333 g/mol. The van der Waals surface area contributed by atoms with E-state index in [0.717, 1.165) is 25.9 Å². The first-order chi connectivity index (χ1) is 11.6. The first kappa shape index (κ1) is 15.4. The van der Waals surface area contributed by atoms with Crippen molar-refractivity contribution in [3.8, 4) is 5.75 Å². The van der Waals surface area contributed by atoms with Crippen LogP contribution in [0.2, 0.25) is 0 Å². The number of amides is 2. The van der Waals surface area contributed by atoms with Crippen LogP contribution < -0.4 is 20.7 Å². The molecule has 2 fully saturated rings. The van der Waals surface area contributed by atoms with Gasteiger partial charge in [0.25, 0.3) is 0 Å². The molecule has 1 unspecified atom stereocenters. The van der Waals surface area contributed by atoms with Crippen molar-refractivity contribution in [2.75, 3.05) is 25.0 Å². The second-order valence-corrected chi connectivity index (χ2v) is 6.80. The van der Waals surface area contributed by atoms with Crippen molar-refractivity contribution >= 4 is 17.5 Å². The van der Waals surface area contributed by atoms with Crippen molar-refractivity contribution in [3.05, 3.63) is 23.5 Å². The molecule has 1 atom stereocenters. The van der Waals surface area contributed by atoms with Gasteiger partial charge in [-0.2, -0.15) is 0 Å². The molecule has 0 radical (unpaired) electrons. The second-order valence-electron chi connectivity index (χ2n) is 6.80. The van der Waals surface area contributed by atoms with Crippen LogP contribution in [-0.2, 0) is 15.0 Å². The summed E-state index contributed by atoms with van der Waals surface area (Å²) in [6.07, 6.45) is 2.40. The van der Waals surface area contributed by atoms with Crippen LogP contribution in [-0.4, -0.2) is 37.6 Å². The lowest BCUT2D eigenvalue weighted by molar-refractivity contribution is -0.133. The molecule has 2 amide bonds. The van der Waals surface area contributed by atoms with Gasteiger partial charge in [-0.05, 0) is 38.4 Å². The van der Waals surface area contributed by atoms with E-state index in [2.05, 4.69) is 16.0 Å². The number of hydrogen-bond donors (Lipinski definition) is 3. The molecule has 0 saturated carbocycles. The van der Waals surface area contributed by atoms with E-state index < -0.39 is 6.04 Å². The Morgan fingerprint density at radius 2 is 2.04 bits per heavy atom. The lowest BCUT2D eigenvalue weighted by Crippen LogP contribution is -2.47. The normalized spacial score (nSPS) is 25.1. The summed E-state index contributed by atoms with van der Waals surface area (Å²) in [7, 11) is 0. The van der Waals surface area contributed by atoms with Gasteiger partial charge in [-0.1, -0.05) is 0 Å². The standard InChI is InChI=1S/C17H20FN3O3/c18-11-7-10(20-12-1-2-14(22)21-16(12)23)8-13-15(11)17(9-24-13)3-5-19-6-4-17/h7-8,12,19-20H,1-6,9H2,(H,21,22,23). The summed E-state index contributed by atoms with van der Waals surface area (Å²) in [4.78, 5) is 23.0. The molecule has 1 aromatic rings. The Hall–Kier alpha value is -2.15. The lowest BCUT2D eigenvalue weighted by Gasteiger charge is -2.32. The number of ether oxygens (including phenoxy) is 1. The molecule has 3 N–H and O–H groups in total. The molecule has 0 bridgehead atoms. The number of hydrogen-bond acceptors (Lipinski definition) is 5. The highest BCUT2D eigenvalue weighted by Crippen LogP contribution is 2.47. The number of benzene rings is 1. The SMILES string of the molecule is O=C1CCC(Nc2cc(F)c3c(c2)OCC32CCNCC2)C(=O)N1. The lowest BCUT2D eigenvalue weighted by atomic mass is 9.74. The zero-order chi connectivity index (χ0) is 16.7. The fourth-order valence-electron chi connectivity index (χ4n) is 3.91. The molecule has 24 heavy (non-hydrogen) atoms. The third-order valence-corrected chi connectivity index (χ3v) is 5.23. The zero-order valence-corrected chi connectivity index (χ0v) is 13.3. The summed E-state index contributed by atoms with van der Waals surface area (Å²) in [6.45, 7) is 2.22. The number of piperidine rings is 2. The fraction of sp³-hybridized carbons (Fsp3) is 0.529. The van der Waals surface area contributed by atoms with Gasteiger partial charge >= 0.3 is 0 Å². The maximum atomic E-state index is 14.8. The van der Waals surface area contributed by atoms with Crippen LogP contribution in [0, 0.1) is 5.82 Å². The maximum Gasteiger partial charge on any atom is 0.249 e. The van der Waals surface area contributed by atoms with E-state index in [1.54, 1.807) is 6.07 Å². The molecule has 6 nitrogen and oxygen atoms in total. The van der Waals surface area contributed by atoms with Gasteiger partial charge in [0.05, 0.1) is 6.61 Å². The molecule has 3 aliphatic rings. The van der Waals surface area contributed by atoms with Gasteiger partial charge < -0.3 is 15.4 Å². The molecule has 128 valence electrons. The Balaban J connectivity index is 1.58. The summed E-state index contributed by atoms with van der Waals surface area (Å²) < 4.78 is 20.6. The summed E-state index contributed by atoms with van der Waals surface area (Å²) in [5, 5.41) is 8.61. The van der Waals surface area contributed by atoms with Gasteiger partial charge in [-0.25, -0.2) is 4.39 Å². The van der Waals surface area contributed by atoms with E-state index in [1.807, 2.05) is 0 Å². The van der Waals surface area contributed by atoms with E-state index in [-0.39, 0.29) is 29.5 Å². The number of rotatable bonds is 2. The Morgan fingerprint density at radius 3 is 2.79 bits per heavy atom. The molecule has 3 heterocycles. The third kappa shape index (κ3) is 2.53. The highest BCUT2D eigenvalue weighted by molar-refractivity contribution is 6.01. The van der Waals surface area contributed by atoms with Crippen molar-refractivity contribution in [2.24, 2.45) is 0 Å². The van der Waals surface area contributed by atoms with Crippen molar-refractivity contribution in [3.63, 3.8) is 0 Å². The molecule has 3 aliphatic heterocycles. The average Bonchev–Trinajstić information content (AvgIpc) is 2.89. The van der Waals surface area contributed by atoms with E-state index in [0.29, 0.717) is 30.0 Å². The van der Waals surface area contributed by atoms with Gasteiger partial charge in [-0.3, -0.25) is 14.9 Å². The number of fused-ring (bicyclic) bond motifs is 2. The molecule has 7 heteroatoms. The van der Waals surface area contributed by atoms with Crippen molar-refractivity contribution in [1.29, 1.82) is 0 Å². The van der Waals surface area contributed by atoms with Gasteiger partial charge in [0.1, 0.15) is 17.6 Å². The van der Waals surface area contributed by atoms with Crippen LogP contribution in [0.3, 0.4) is 0 Å². The molecule has 4 rings (SSSR count). The molecular formula is C17H20FN3O3. The van der Waals surface area contributed by atoms with E-state index in [9.17, 15) is 14.0 Å². The minimum absolute atomic E-state index is 0.238. The quantitative estimate of drug-likeness (QED) is 0.705. The number of nitrogens with one attached hydrogen (secondary N) is 3. The highest BCUT2D eigenvalue weighted by Gasteiger charge is 2.44. The summed E-state index contributed by atoms with van der Waals surface area (Å²) in [6, 6.07) is 2.66. The first-order valence-corrected chi connectivity index (χ1v) is 8.35. The van der Waals surface area contributed by atoms with E-state index in [1.165, 1.54) is 6.07 Å². The fourth-order valence-corrected chi connectivity index (χ4v) is 3.91. The number of carbonyl (C=O) groups is 2. The molecule has 1 aromatic carbocycles. The zero-order valence-electron chi connectivity index (χ0n) is 13.3. The Morgan fingerprint density at radius 1 is 1.25 bits per heavy atom. The van der Waals surface area contributed by atoms with Crippen LogP contribution >= 0.6 is 0 Å². The average molecular weight is 333 g/mol. The highest BCUT2D eigenvalue weighted by atomic mass is 19.1. The van der Waals surface area contributed by atoms with Crippen LogP contribution in [0.1, 0.15) is 31.2 Å². The van der Waals surface area contributed by atoms with E-state index >= 15 is 0 Å². The Kier molecular flexibility index (Phi) is 3.68. The molecule has 2 saturated heterocycles. The van der Waals surface area contributed by atoms with Crippen molar-refractivity contribution in [2.45, 2.75) is 37.1 Å². The molecular weight excluding hydrogens is 313 g/mol. The number of halogens is 1. The summed E-state index contributed by atoms with van der Waals surface area (Å²) >= 11 is 0. The van der Waals surface area contributed by atoms with Gasteiger partial charge in [0.2, 0.25) is 11.8 Å². The summed E-state index contributed by atoms with van der Waals surface area (Å²) in [5.41, 5.74) is 0.933. The molecule has 0 aromatic heterocycles. The second kappa shape index (κ2) is 5.73. The molecule has 1 spiro atoms. The van der Waals surface area contributed by atoms with Crippen LogP contribution in [0.5, 0.6) is 5.75 Å². The third-order valence-electron chi connectivity index (χ3n) is 5.23. The predicted molar refractivity (Wildman–Crippen MR) is 85.5 cm³/mol. The Labute approximate surface area is 139 Å². The molecule has 0 aliphatic carbocycles.